The summed E-state index contributed by atoms with van der Waals surface area (Å²) in [6.07, 6.45) is 16.2. The van der Waals surface area contributed by atoms with Crippen LogP contribution in [0.25, 0.3) is 28.2 Å². The predicted molar refractivity (Wildman–Crippen MR) is 152 cm³/mol. The molecule has 0 fully saturated rings. The normalized spacial score (nSPS) is 14.1. The van der Waals surface area contributed by atoms with Gasteiger partial charge in [0, 0.05) is 65.5 Å². The van der Waals surface area contributed by atoms with Crippen LogP contribution in [0.1, 0.15) is 78.9 Å². The van der Waals surface area contributed by atoms with E-state index in [9.17, 15) is 9.59 Å². The molecule has 6 heteroatoms. The van der Waals surface area contributed by atoms with Crippen LogP contribution in [-0.4, -0.2) is 44.6 Å². The highest BCUT2D eigenvalue weighted by atomic mass is 16.2. The number of benzene rings is 1. The molecule has 1 N–H and O–H groups in total. The maximum atomic E-state index is 13.9. The molecular weight excluding hydrogens is 472 g/mol. The summed E-state index contributed by atoms with van der Waals surface area (Å²) in [5.74, 6) is -0.300. The van der Waals surface area contributed by atoms with E-state index in [4.69, 9.17) is 0 Å². The minimum absolute atomic E-state index is 0.0817. The Morgan fingerprint density at radius 2 is 1.79 bits per heavy atom. The molecule has 3 heterocycles. The third kappa shape index (κ3) is 5.03. The number of ketones is 1. The summed E-state index contributed by atoms with van der Waals surface area (Å²) in [6, 6.07) is 11.6. The molecule has 194 valence electrons. The van der Waals surface area contributed by atoms with Crippen molar-refractivity contribution in [2.24, 2.45) is 0 Å². The van der Waals surface area contributed by atoms with Crippen LogP contribution in [0, 0.1) is 0 Å². The first-order valence-corrected chi connectivity index (χ1v) is 13.6. The Kier molecular flexibility index (Phi) is 7.78. The number of amides is 1. The minimum Gasteiger partial charge on any atom is -0.345 e. The second kappa shape index (κ2) is 11.5. The third-order valence-electron chi connectivity index (χ3n) is 7.34. The van der Waals surface area contributed by atoms with Gasteiger partial charge in [-0.1, -0.05) is 69.5 Å². The van der Waals surface area contributed by atoms with Gasteiger partial charge in [0.15, 0.2) is 5.78 Å². The number of nitrogens with zero attached hydrogens (tertiary/aromatic N) is 3. The second-order valence-corrected chi connectivity index (χ2v) is 9.92. The van der Waals surface area contributed by atoms with Gasteiger partial charge in [-0.3, -0.25) is 14.6 Å². The van der Waals surface area contributed by atoms with Crippen molar-refractivity contribution < 1.29 is 9.59 Å². The monoisotopic (exact) mass is 506 g/mol. The van der Waals surface area contributed by atoms with Crippen molar-refractivity contribution in [3.8, 4) is 11.1 Å². The quantitative estimate of drug-likeness (QED) is 0.180. The summed E-state index contributed by atoms with van der Waals surface area (Å²) in [5.41, 5.74) is 5.43. The number of unbranched alkanes of at least 4 members (excludes halogenated alkanes) is 3. The van der Waals surface area contributed by atoms with Crippen molar-refractivity contribution in [1.29, 1.82) is 0 Å². The Morgan fingerprint density at radius 1 is 0.947 bits per heavy atom. The zero-order chi connectivity index (χ0) is 26.5. The molecule has 1 aromatic carbocycles. The van der Waals surface area contributed by atoms with Gasteiger partial charge in [-0.05, 0) is 36.1 Å². The molecule has 1 amide bonds. The topological polar surface area (TPSA) is 79.0 Å². The summed E-state index contributed by atoms with van der Waals surface area (Å²) >= 11 is 0. The van der Waals surface area contributed by atoms with Gasteiger partial charge in [0.2, 0.25) is 5.91 Å². The van der Waals surface area contributed by atoms with E-state index in [-0.39, 0.29) is 17.6 Å². The second-order valence-electron chi connectivity index (χ2n) is 9.92. The van der Waals surface area contributed by atoms with Crippen LogP contribution in [-0.2, 0) is 4.79 Å². The van der Waals surface area contributed by atoms with E-state index in [1.165, 1.54) is 0 Å². The maximum absolute atomic E-state index is 13.9. The Labute approximate surface area is 223 Å². The van der Waals surface area contributed by atoms with E-state index in [2.05, 4.69) is 28.8 Å². The molecule has 0 saturated carbocycles. The number of fused-ring (bicyclic) bond motifs is 2. The molecular formula is C32H34N4O2. The molecule has 0 aliphatic heterocycles. The zero-order valence-corrected chi connectivity index (χ0v) is 22.1. The van der Waals surface area contributed by atoms with Crippen LogP contribution in [0.2, 0.25) is 0 Å². The molecule has 4 aromatic rings. The van der Waals surface area contributed by atoms with Crippen molar-refractivity contribution in [3.05, 3.63) is 89.5 Å². The number of hydrogen-bond acceptors (Lipinski definition) is 4. The average Bonchev–Trinajstić information content (AvgIpc) is 3.59. The fourth-order valence-corrected chi connectivity index (χ4v) is 5.21. The van der Waals surface area contributed by atoms with Crippen molar-refractivity contribution >= 4 is 28.8 Å². The number of carbonyl (C=O) groups excluding carboxylic acids is 2. The van der Waals surface area contributed by atoms with E-state index in [0.717, 1.165) is 72.8 Å². The van der Waals surface area contributed by atoms with Crippen LogP contribution in [0.5, 0.6) is 0 Å². The lowest BCUT2D eigenvalue weighted by atomic mass is 9.92. The molecule has 1 atom stereocenters. The molecule has 1 aliphatic rings. The maximum Gasteiger partial charge on any atom is 0.233 e. The number of aromatic amines is 1. The number of rotatable bonds is 11. The summed E-state index contributed by atoms with van der Waals surface area (Å²) in [7, 11) is 0. The van der Waals surface area contributed by atoms with E-state index < -0.39 is 0 Å². The highest BCUT2D eigenvalue weighted by Gasteiger charge is 2.31. The Hall–Kier alpha value is -4.06. The molecule has 0 saturated heterocycles. The van der Waals surface area contributed by atoms with Crippen molar-refractivity contribution in [2.45, 2.75) is 51.9 Å². The van der Waals surface area contributed by atoms with Gasteiger partial charge < -0.3 is 9.88 Å². The first kappa shape index (κ1) is 25.6. The van der Waals surface area contributed by atoms with E-state index >= 15 is 0 Å². The first-order valence-electron chi connectivity index (χ1n) is 13.6. The summed E-state index contributed by atoms with van der Waals surface area (Å²) < 4.78 is 0. The zero-order valence-electron chi connectivity index (χ0n) is 22.1. The van der Waals surface area contributed by atoms with E-state index in [1.807, 2.05) is 53.5 Å². The highest BCUT2D eigenvalue weighted by Crippen LogP contribution is 2.36. The van der Waals surface area contributed by atoms with Gasteiger partial charge in [-0.25, -0.2) is 4.98 Å². The Morgan fingerprint density at radius 3 is 2.58 bits per heavy atom. The minimum atomic E-state index is -0.349. The van der Waals surface area contributed by atoms with Crippen molar-refractivity contribution in [1.82, 2.24) is 19.9 Å². The molecule has 5 rings (SSSR count). The van der Waals surface area contributed by atoms with Gasteiger partial charge >= 0.3 is 0 Å². The molecule has 1 unspecified atom stereocenters. The van der Waals surface area contributed by atoms with Gasteiger partial charge in [-0.2, -0.15) is 0 Å². The number of hydrogen-bond donors (Lipinski definition) is 1. The number of H-pyrrole nitrogens is 1. The number of nitrogens with one attached hydrogen (secondary N) is 1. The highest BCUT2D eigenvalue weighted by molar-refractivity contribution is 6.18. The van der Waals surface area contributed by atoms with Crippen LogP contribution in [0.15, 0.2) is 67.3 Å². The molecule has 0 spiro atoms. The number of pyridine rings is 2. The van der Waals surface area contributed by atoms with E-state index in [0.29, 0.717) is 16.8 Å². The molecule has 3 aromatic heterocycles. The van der Waals surface area contributed by atoms with Crippen LogP contribution >= 0.6 is 0 Å². The summed E-state index contributed by atoms with van der Waals surface area (Å²) in [6.45, 7) is 5.89. The lowest BCUT2D eigenvalue weighted by Crippen LogP contribution is -2.36. The smallest absolute Gasteiger partial charge is 0.233 e. The van der Waals surface area contributed by atoms with Crippen LogP contribution in [0.3, 0.4) is 0 Å². The van der Waals surface area contributed by atoms with Gasteiger partial charge in [0.05, 0.1) is 5.92 Å². The first-order chi connectivity index (χ1) is 18.6. The Balaban J connectivity index is 1.45. The van der Waals surface area contributed by atoms with E-state index in [1.54, 1.807) is 24.8 Å². The predicted octanol–water partition coefficient (Wildman–Crippen LogP) is 6.79. The lowest BCUT2D eigenvalue weighted by Gasteiger charge is -2.26. The van der Waals surface area contributed by atoms with Crippen LogP contribution < -0.4 is 0 Å². The fraction of sp³-hybridized carbons (Fsp3) is 0.312. The fourth-order valence-electron chi connectivity index (χ4n) is 5.21. The van der Waals surface area contributed by atoms with Gasteiger partial charge in [-0.15, -0.1) is 0 Å². The summed E-state index contributed by atoms with van der Waals surface area (Å²) in [4.78, 5) is 41.4. The Bertz CT molecular complexity index is 1470. The van der Waals surface area contributed by atoms with Crippen molar-refractivity contribution in [3.63, 3.8) is 0 Å². The SMILES string of the molecule is CCCCCN(CCCC)C(=O)C1C=Cc2c(C(=O)c3c[nH]c4ncc(-c5cccnc5)cc34)cccc21. The average molecular weight is 507 g/mol. The van der Waals surface area contributed by atoms with Crippen molar-refractivity contribution in [2.75, 3.05) is 13.1 Å². The molecule has 0 bridgehead atoms. The molecule has 1 aliphatic carbocycles. The summed E-state index contributed by atoms with van der Waals surface area (Å²) in [5, 5.41) is 0.769. The van der Waals surface area contributed by atoms with Crippen LogP contribution in [0.4, 0.5) is 0 Å². The number of carbonyl (C=O) groups is 2. The largest absolute Gasteiger partial charge is 0.345 e. The molecule has 0 radical (unpaired) electrons. The van der Waals surface area contributed by atoms with Gasteiger partial charge in [0.25, 0.3) is 0 Å². The molecule has 38 heavy (non-hydrogen) atoms. The lowest BCUT2D eigenvalue weighted by molar-refractivity contribution is -0.131. The molecule has 6 nitrogen and oxygen atoms in total. The third-order valence-corrected chi connectivity index (χ3v) is 7.34. The number of aromatic nitrogens is 3. The standard InChI is InChI=1S/C32H34N4O2/c1-3-5-7-17-36(16-6-4-2)32(38)27-14-13-25-24(27)11-8-12-26(25)30(37)29-21-35-31-28(29)18-23(20-34-31)22-10-9-15-33-19-22/h8-15,18-21,27H,3-7,16-17H2,1-2H3,(H,34,35). The van der Waals surface area contributed by atoms with Gasteiger partial charge in [0.1, 0.15) is 5.65 Å².